The Labute approximate surface area is 110 Å². The number of piperazine rings is 1. The van der Waals surface area contributed by atoms with Crippen LogP contribution in [0.15, 0.2) is 12.1 Å². The van der Waals surface area contributed by atoms with Gasteiger partial charge in [-0.05, 0) is 13.1 Å². The Balaban J connectivity index is 1.95. The molecule has 1 saturated heterocycles. The summed E-state index contributed by atoms with van der Waals surface area (Å²) < 4.78 is 10.7. The van der Waals surface area contributed by atoms with Crippen LogP contribution in [0.2, 0.25) is 0 Å². The molecule has 102 valence electrons. The molecule has 0 aromatic heterocycles. The summed E-state index contributed by atoms with van der Waals surface area (Å²) in [4.78, 5) is 14.9. The first-order valence-electron chi connectivity index (χ1n) is 6.17. The van der Waals surface area contributed by atoms with Gasteiger partial charge >= 0.3 is 5.69 Å². The smallest absolute Gasteiger partial charge is 0.315 e. The van der Waals surface area contributed by atoms with Gasteiger partial charge in [-0.2, -0.15) is 0 Å². The molecule has 2 aliphatic heterocycles. The van der Waals surface area contributed by atoms with Crippen LogP contribution in [0.1, 0.15) is 0 Å². The van der Waals surface area contributed by atoms with E-state index in [1.165, 1.54) is 6.07 Å². The molecule has 0 unspecified atom stereocenters. The molecule has 1 aromatic rings. The molecular formula is C12H15N3O4. The maximum atomic E-state index is 10.9. The lowest BCUT2D eigenvalue weighted by atomic mass is 10.2. The van der Waals surface area contributed by atoms with Crippen molar-refractivity contribution < 1.29 is 14.4 Å². The van der Waals surface area contributed by atoms with E-state index in [0.29, 0.717) is 5.75 Å². The first kappa shape index (κ1) is 12.0. The summed E-state index contributed by atoms with van der Waals surface area (Å²) in [7, 11) is 2.08. The topological polar surface area (TPSA) is 68.1 Å². The number of hydrogen-bond donors (Lipinski definition) is 0. The van der Waals surface area contributed by atoms with Crippen LogP contribution in [0.4, 0.5) is 11.4 Å². The lowest BCUT2D eigenvalue weighted by molar-refractivity contribution is -0.385. The summed E-state index contributed by atoms with van der Waals surface area (Å²) in [6.07, 6.45) is 0. The summed E-state index contributed by atoms with van der Waals surface area (Å²) >= 11 is 0. The average Bonchev–Trinajstić information content (AvgIpc) is 2.87. The molecule has 0 aliphatic carbocycles. The summed E-state index contributed by atoms with van der Waals surface area (Å²) in [6, 6.07) is 3.23. The first-order valence-corrected chi connectivity index (χ1v) is 6.17. The maximum Gasteiger partial charge on any atom is 0.315 e. The predicted octanol–water partition coefficient (Wildman–Crippen LogP) is 1.08. The number of nitro benzene ring substituents is 1. The van der Waals surface area contributed by atoms with Crippen LogP contribution in [-0.2, 0) is 0 Å². The molecule has 2 aliphatic rings. The fourth-order valence-electron chi connectivity index (χ4n) is 2.41. The van der Waals surface area contributed by atoms with Crippen LogP contribution < -0.4 is 14.4 Å². The Morgan fingerprint density at radius 1 is 1.16 bits per heavy atom. The zero-order chi connectivity index (χ0) is 13.4. The van der Waals surface area contributed by atoms with E-state index in [4.69, 9.17) is 9.47 Å². The molecule has 0 spiro atoms. The third-order valence-electron chi connectivity index (χ3n) is 3.52. The zero-order valence-corrected chi connectivity index (χ0v) is 10.7. The van der Waals surface area contributed by atoms with Gasteiger partial charge in [0.1, 0.15) is 0 Å². The fraction of sp³-hybridized carbons (Fsp3) is 0.500. The van der Waals surface area contributed by atoms with Gasteiger partial charge in [0, 0.05) is 32.2 Å². The minimum absolute atomic E-state index is 0.0367. The van der Waals surface area contributed by atoms with Gasteiger partial charge in [0.2, 0.25) is 12.5 Å². The predicted molar refractivity (Wildman–Crippen MR) is 68.9 cm³/mol. The SMILES string of the molecule is CN1CCN(c2ccc([N+](=O)[O-])c3c2OCO3)CC1. The minimum atomic E-state index is -0.443. The van der Waals surface area contributed by atoms with Crippen LogP contribution >= 0.6 is 0 Å². The van der Waals surface area contributed by atoms with Crippen molar-refractivity contribution in [2.24, 2.45) is 0 Å². The normalized spacial score (nSPS) is 18.7. The van der Waals surface area contributed by atoms with E-state index in [9.17, 15) is 10.1 Å². The third-order valence-corrected chi connectivity index (χ3v) is 3.52. The lowest BCUT2D eigenvalue weighted by Gasteiger charge is -2.34. The fourth-order valence-corrected chi connectivity index (χ4v) is 2.41. The molecule has 0 bridgehead atoms. The van der Waals surface area contributed by atoms with Crippen molar-refractivity contribution in [3.63, 3.8) is 0 Å². The average molecular weight is 265 g/mol. The van der Waals surface area contributed by atoms with Crippen LogP contribution in [0.5, 0.6) is 11.5 Å². The lowest BCUT2D eigenvalue weighted by Crippen LogP contribution is -2.44. The van der Waals surface area contributed by atoms with Gasteiger partial charge in [-0.3, -0.25) is 10.1 Å². The van der Waals surface area contributed by atoms with E-state index in [-0.39, 0.29) is 18.2 Å². The van der Waals surface area contributed by atoms with Crippen molar-refractivity contribution in [1.82, 2.24) is 4.90 Å². The van der Waals surface area contributed by atoms with Crippen molar-refractivity contribution in [3.05, 3.63) is 22.2 Å². The molecule has 0 radical (unpaired) electrons. The van der Waals surface area contributed by atoms with Gasteiger partial charge in [0.05, 0.1) is 10.6 Å². The molecule has 0 N–H and O–H groups in total. The van der Waals surface area contributed by atoms with Crippen LogP contribution in [0.25, 0.3) is 0 Å². The monoisotopic (exact) mass is 265 g/mol. The van der Waals surface area contributed by atoms with Crippen molar-refractivity contribution in [1.29, 1.82) is 0 Å². The molecule has 1 aromatic carbocycles. The van der Waals surface area contributed by atoms with Crippen LogP contribution in [0.3, 0.4) is 0 Å². The van der Waals surface area contributed by atoms with E-state index < -0.39 is 4.92 Å². The van der Waals surface area contributed by atoms with Gasteiger partial charge in [0.25, 0.3) is 0 Å². The Bertz CT molecular complexity index is 512. The highest BCUT2D eigenvalue weighted by Gasteiger charge is 2.31. The molecule has 7 heteroatoms. The van der Waals surface area contributed by atoms with Crippen LogP contribution in [0, 0.1) is 10.1 Å². The number of likely N-dealkylation sites (N-methyl/N-ethyl adjacent to an activating group) is 1. The summed E-state index contributed by atoms with van der Waals surface area (Å²) in [5.74, 6) is 0.750. The number of nitro groups is 1. The quantitative estimate of drug-likeness (QED) is 0.588. The Morgan fingerprint density at radius 2 is 1.84 bits per heavy atom. The summed E-state index contributed by atoms with van der Waals surface area (Å²) in [5.41, 5.74) is 0.844. The Hall–Kier alpha value is -2.02. The van der Waals surface area contributed by atoms with Gasteiger partial charge in [-0.15, -0.1) is 0 Å². The van der Waals surface area contributed by atoms with E-state index in [2.05, 4.69) is 16.8 Å². The van der Waals surface area contributed by atoms with Crippen molar-refractivity contribution in [3.8, 4) is 11.5 Å². The Kier molecular flexibility index (Phi) is 2.90. The number of fused-ring (bicyclic) bond motifs is 1. The number of nitrogens with zero attached hydrogens (tertiary/aromatic N) is 3. The highest BCUT2D eigenvalue weighted by molar-refractivity contribution is 5.72. The van der Waals surface area contributed by atoms with E-state index in [1.54, 1.807) is 6.07 Å². The molecule has 7 nitrogen and oxygen atoms in total. The number of anilines is 1. The van der Waals surface area contributed by atoms with Gasteiger partial charge in [-0.1, -0.05) is 0 Å². The molecule has 0 atom stereocenters. The molecule has 0 saturated carbocycles. The van der Waals surface area contributed by atoms with Gasteiger partial charge < -0.3 is 19.3 Å². The van der Waals surface area contributed by atoms with Crippen molar-refractivity contribution in [2.45, 2.75) is 0 Å². The first-order chi connectivity index (χ1) is 9.16. The number of hydrogen-bond acceptors (Lipinski definition) is 6. The largest absolute Gasteiger partial charge is 0.451 e. The van der Waals surface area contributed by atoms with E-state index in [1.807, 2.05) is 0 Å². The van der Waals surface area contributed by atoms with Crippen molar-refractivity contribution in [2.75, 3.05) is 44.9 Å². The van der Waals surface area contributed by atoms with Crippen molar-refractivity contribution >= 4 is 11.4 Å². The second-order valence-corrected chi connectivity index (χ2v) is 4.72. The number of ether oxygens (including phenoxy) is 2. The maximum absolute atomic E-state index is 10.9. The molecule has 3 rings (SSSR count). The molecular weight excluding hydrogens is 250 g/mol. The second kappa shape index (κ2) is 4.58. The molecule has 1 fully saturated rings. The zero-order valence-electron chi connectivity index (χ0n) is 10.7. The van der Waals surface area contributed by atoms with E-state index in [0.717, 1.165) is 31.9 Å². The van der Waals surface area contributed by atoms with Crippen LogP contribution in [-0.4, -0.2) is 49.8 Å². The van der Waals surface area contributed by atoms with Gasteiger partial charge in [0.15, 0.2) is 5.75 Å². The summed E-state index contributed by atoms with van der Waals surface area (Å²) in [5, 5.41) is 10.9. The highest BCUT2D eigenvalue weighted by Crippen LogP contribution is 2.47. The summed E-state index contributed by atoms with van der Waals surface area (Å²) in [6.45, 7) is 3.73. The standard InChI is InChI=1S/C12H15N3O4/c1-13-4-6-14(7-5-13)9-2-3-10(15(16)17)12-11(9)18-8-19-12/h2-3H,4-8H2,1H3. The highest BCUT2D eigenvalue weighted by atomic mass is 16.7. The molecule has 0 amide bonds. The minimum Gasteiger partial charge on any atom is -0.451 e. The third kappa shape index (κ3) is 2.06. The van der Waals surface area contributed by atoms with E-state index >= 15 is 0 Å². The Morgan fingerprint density at radius 3 is 2.53 bits per heavy atom. The number of benzene rings is 1. The second-order valence-electron chi connectivity index (χ2n) is 4.72. The number of rotatable bonds is 2. The molecule has 2 heterocycles. The molecule has 19 heavy (non-hydrogen) atoms. The van der Waals surface area contributed by atoms with Gasteiger partial charge in [-0.25, -0.2) is 0 Å².